The van der Waals surface area contributed by atoms with Gasteiger partial charge in [0, 0.05) is 12.0 Å². The van der Waals surface area contributed by atoms with Crippen molar-refractivity contribution < 1.29 is 19.1 Å². The third kappa shape index (κ3) is 4.55. The van der Waals surface area contributed by atoms with E-state index in [9.17, 15) is 9.59 Å². The molecule has 0 saturated carbocycles. The molecular weight excluding hydrogens is 260 g/mol. The van der Waals surface area contributed by atoms with Crippen molar-refractivity contribution in [2.24, 2.45) is 5.84 Å². The number of nitrogens with two attached hydrogens (primary N) is 1. The number of ether oxygens (including phenoxy) is 2. The molecule has 3 N–H and O–H groups in total. The molecule has 0 saturated heterocycles. The molecule has 0 spiro atoms. The van der Waals surface area contributed by atoms with Gasteiger partial charge in [-0.15, -0.1) is 0 Å². The summed E-state index contributed by atoms with van der Waals surface area (Å²) in [6.07, 6.45) is 0.635. The van der Waals surface area contributed by atoms with Crippen molar-refractivity contribution in [1.82, 2.24) is 5.43 Å². The van der Waals surface area contributed by atoms with Crippen LogP contribution in [0.15, 0.2) is 18.2 Å². The van der Waals surface area contributed by atoms with Crippen molar-refractivity contribution in [3.8, 4) is 11.5 Å². The summed E-state index contributed by atoms with van der Waals surface area (Å²) in [4.78, 5) is 22.4. The second-order valence-electron chi connectivity index (χ2n) is 4.46. The highest BCUT2D eigenvalue weighted by molar-refractivity contribution is 5.94. The van der Waals surface area contributed by atoms with Crippen LogP contribution in [0.2, 0.25) is 0 Å². The monoisotopic (exact) mass is 280 g/mol. The SMILES string of the molecule is COc1cc(C(C)=O)ccc1OC(C)CCC(=O)NN. The van der Waals surface area contributed by atoms with Gasteiger partial charge in [0.25, 0.3) is 0 Å². The summed E-state index contributed by atoms with van der Waals surface area (Å²) in [6.45, 7) is 3.34. The van der Waals surface area contributed by atoms with E-state index in [4.69, 9.17) is 15.3 Å². The zero-order valence-electron chi connectivity index (χ0n) is 11.9. The van der Waals surface area contributed by atoms with E-state index in [2.05, 4.69) is 5.43 Å². The second-order valence-corrected chi connectivity index (χ2v) is 4.46. The molecule has 0 aromatic heterocycles. The van der Waals surface area contributed by atoms with Crippen LogP contribution in [-0.2, 0) is 4.79 Å². The quantitative estimate of drug-likeness (QED) is 0.341. The summed E-state index contributed by atoms with van der Waals surface area (Å²) in [7, 11) is 1.51. The van der Waals surface area contributed by atoms with Crippen LogP contribution in [0.5, 0.6) is 11.5 Å². The largest absolute Gasteiger partial charge is 0.493 e. The number of benzene rings is 1. The first-order valence-electron chi connectivity index (χ1n) is 6.33. The highest BCUT2D eigenvalue weighted by atomic mass is 16.5. The molecule has 110 valence electrons. The minimum absolute atomic E-state index is 0.0393. The van der Waals surface area contributed by atoms with Crippen LogP contribution in [-0.4, -0.2) is 24.9 Å². The van der Waals surface area contributed by atoms with Gasteiger partial charge in [0.05, 0.1) is 13.2 Å². The smallest absolute Gasteiger partial charge is 0.234 e. The standard InChI is InChI=1S/C14H20N2O4/c1-9(4-7-14(18)16-15)20-12-6-5-11(10(2)17)8-13(12)19-3/h5-6,8-9H,4,7,15H2,1-3H3,(H,16,18). The molecule has 20 heavy (non-hydrogen) atoms. The Hall–Kier alpha value is -2.08. The van der Waals surface area contributed by atoms with Gasteiger partial charge in [0.1, 0.15) is 0 Å². The molecule has 1 rings (SSSR count). The predicted molar refractivity (Wildman–Crippen MR) is 74.7 cm³/mol. The molecule has 1 aromatic rings. The molecule has 0 aliphatic carbocycles. The van der Waals surface area contributed by atoms with Crippen molar-refractivity contribution in [2.75, 3.05) is 7.11 Å². The maximum absolute atomic E-state index is 11.3. The molecule has 0 fully saturated rings. The topological polar surface area (TPSA) is 90.6 Å². The van der Waals surface area contributed by atoms with Gasteiger partial charge in [-0.3, -0.25) is 15.0 Å². The Labute approximate surface area is 118 Å². The number of nitrogens with one attached hydrogen (secondary N) is 1. The molecule has 1 unspecified atom stereocenters. The number of amides is 1. The number of hydrogen-bond donors (Lipinski definition) is 2. The molecule has 0 radical (unpaired) electrons. The van der Waals surface area contributed by atoms with E-state index < -0.39 is 0 Å². The van der Waals surface area contributed by atoms with Gasteiger partial charge in [0.15, 0.2) is 17.3 Å². The Morgan fingerprint density at radius 3 is 2.60 bits per heavy atom. The number of methoxy groups -OCH3 is 1. The van der Waals surface area contributed by atoms with Crippen LogP contribution in [0.25, 0.3) is 0 Å². The molecule has 0 aliphatic rings. The Morgan fingerprint density at radius 2 is 2.05 bits per heavy atom. The number of rotatable bonds is 7. The summed E-state index contributed by atoms with van der Waals surface area (Å²) in [5.41, 5.74) is 2.63. The Bertz CT molecular complexity index is 488. The molecule has 0 aliphatic heterocycles. The van der Waals surface area contributed by atoms with E-state index in [1.807, 2.05) is 6.92 Å². The first-order valence-corrected chi connectivity index (χ1v) is 6.33. The third-order valence-corrected chi connectivity index (χ3v) is 2.84. The molecule has 1 atom stereocenters. The van der Waals surface area contributed by atoms with Crippen molar-refractivity contribution >= 4 is 11.7 Å². The second kappa shape index (κ2) is 7.49. The van der Waals surface area contributed by atoms with E-state index in [0.29, 0.717) is 23.5 Å². The average molecular weight is 280 g/mol. The Morgan fingerprint density at radius 1 is 1.35 bits per heavy atom. The van der Waals surface area contributed by atoms with Gasteiger partial charge in [-0.25, -0.2) is 5.84 Å². The molecular formula is C14H20N2O4. The maximum Gasteiger partial charge on any atom is 0.234 e. The van der Waals surface area contributed by atoms with E-state index >= 15 is 0 Å². The van der Waals surface area contributed by atoms with Crippen LogP contribution in [0.4, 0.5) is 0 Å². The lowest BCUT2D eigenvalue weighted by atomic mass is 10.1. The predicted octanol–water partition coefficient (Wildman–Crippen LogP) is 1.44. The minimum atomic E-state index is -0.237. The normalized spacial score (nSPS) is 11.6. The number of hydrogen-bond acceptors (Lipinski definition) is 5. The van der Waals surface area contributed by atoms with Gasteiger partial charge in [-0.05, 0) is 38.5 Å². The summed E-state index contributed by atoms with van der Waals surface area (Å²) in [6, 6.07) is 5.01. The first kappa shape index (κ1) is 16.0. The van der Waals surface area contributed by atoms with Gasteiger partial charge < -0.3 is 9.47 Å². The van der Waals surface area contributed by atoms with Crippen LogP contribution >= 0.6 is 0 Å². The van der Waals surface area contributed by atoms with E-state index in [0.717, 1.165) is 0 Å². The van der Waals surface area contributed by atoms with Crippen molar-refractivity contribution in [3.05, 3.63) is 23.8 Å². The average Bonchev–Trinajstić information content (AvgIpc) is 2.44. The highest BCUT2D eigenvalue weighted by Crippen LogP contribution is 2.29. The summed E-state index contributed by atoms with van der Waals surface area (Å²) >= 11 is 0. The Kier molecular flexibility index (Phi) is 5.99. The summed E-state index contributed by atoms with van der Waals surface area (Å²) in [5, 5.41) is 0. The van der Waals surface area contributed by atoms with Crippen molar-refractivity contribution in [3.63, 3.8) is 0 Å². The lowest BCUT2D eigenvalue weighted by Gasteiger charge is -2.17. The number of Topliss-reactive ketones (excluding diaryl/α,β-unsaturated/α-hetero) is 1. The van der Waals surface area contributed by atoms with Gasteiger partial charge in [0.2, 0.25) is 5.91 Å². The zero-order chi connectivity index (χ0) is 15.1. The molecule has 6 heteroatoms. The maximum atomic E-state index is 11.3. The number of ketones is 1. The minimum Gasteiger partial charge on any atom is -0.493 e. The lowest BCUT2D eigenvalue weighted by Crippen LogP contribution is -2.30. The molecule has 1 aromatic carbocycles. The van der Waals surface area contributed by atoms with Crippen LogP contribution in [0.3, 0.4) is 0 Å². The molecule has 0 heterocycles. The van der Waals surface area contributed by atoms with Gasteiger partial charge in [-0.1, -0.05) is 0 Å². The van der Waals surface area contributed by atoms with E-state index in [-0.39, 0.29) is 24.2 Å². The molecule has 1 amide bonds. The fourth-order valence-corrected chi connectivity index (χ4v) is 1.67. The molecule has 6 nitrogen and oxygen atoms in total. The van der Waals surface area contributed by atoms with Gasteiger partial charge in [-0.2, -0.15) is 0 Å². The highest BCUT2D eigenvalue weighted by Gasteiger charge is 2.12. The summed E-state index contributed by atoms with van der Waals surface area (Å²) in [5.74, 6) is 5.77. The lowest BCUT2D eigenvalue weighted by molar-refractivity contribution is -0.121. The van der Waals surface area contributed by atoms with Gasteiger partial charge >= 0.3 is 0 Å². The summed E-state index contributed by atoms with van der Waals surface area (Å²) < 4.78 is 10.9. The van der Waals surface area contributed by atoms with Crippen molar-refractivity contribution in [1.29, 1.82) is 0 Å². The number of carbonyl (C=O) groups excluding carboxylic acids is 2. The van der Waals surface area contributed by atoms with Crippen LogP contribution < -0.4 is 20.7 Å². The van der Waals surface area contributed by atoms with E-state index in [1.165, 1.54) is 14.0 Å². The van der Waals surface area contributed by atoms with E-state index in [1.54, 1.807) is 18.2 Å². The first-order chi connectivity index (χ1) is 9.47. The fourth-order valence-electron chi connectivity index (χ4n) is 1.67. The Balaban J connectivity index is 2.71. The molecule has 0 bridgehead atoms. The third-order valence-electron chi connectivity index (χ3n) is 2.84. The fraction of sp³-hybridized carbons (Fsp3) is 0.429. The number of hydrazine groups is 1. The van der Waals surface area contributed by atoms with Crippen molar-refractivity contribution in [2.45, 2.75) is 32.8 Å². The van der Waals surface area contributed by atoms with Crippen LogP contribution in [0, 0.1) is 0 Å². The van der Waals surface area contributed by atoms with Crippen LogP contribution in [0.1, 0.15) is 37.0 Å². The zero-order valence-corrected chi connectivity index (χ0v) is 11.9. The number of carbonyl (C=O) groups is 2.